The zero-order valence-electron chi connectivity index (χ0n) is 11.8. The van der Waals surface area contributed by atoms with E-state index in [1.54, 1.807) is 11.3 Å². The number of halogens is 2. The van der Waals surface area contributed by atoms with Crippen molar-refractivity contribution in [1.82, 2.24) is 9.97 Å². The molecule has 0 unspecified atom stereocenters. The molecule has 0 spiro atoms. The van der Waals surface area contributed by atoms with Crippen LogP contribution in [0.5, 0.6) is 0 Å². The van der Waals surface area contributed by atoms with Gasteiger partial charge in [-0.05, 0) is 35.3 Å². The van der Waals surface area contributed by atoms with Crippen LogP contribution in [0.1, 0.15) is 29.6 Å². The molecule has 0 amide bonds. The first-order valence-corrected chi connectivity index (χ1v) is 8.53. The molecular weight excluding hydrogens is 358 g/mol. The Morgan fingerprint density at radius 3 is 2.75 bits per heavy atom. The highest BCUT2D eigenvalue weighted by molar-refractivity contribution is 9.10. The van der Waals surface area contributed by atoms with Crippen LogP contribution in [-0.2, 0) is 13.0 Å². The number of aromatic nitrogens is 2. The topological polar surface area (TPSA) is 29.0 Å². The average Bonchev–Trinajstić information content (AvgIpc) is 2.79. The van der Waals surface area contributed by atoms with Crippen LogP contribution in [0.25, 0.3) is 0 Å². The van der Waals surface area contributed by atoms with Crippen LogP contribution in [0.2, 0.25) is 5.15 Å². The molecule has 0 aliphatic carbocycles. The Bertz CT molecular complexity index is 600. The normalized spacial score (nSPS) is 10.8. The lowest BCUT2D eigenvalue weighted by atomic mass is 10.2. The number of hydrogen-bond acceptors (Lipinski definition) is 4. The Kier molecular flexibility index (Phi) is 5.41. The van der Waals surface area contributed by atoms with Gasteiger partial charge in [-0.25, -0.2) is 9.97 Å². The molecule has 0 saturated heterocycles. The summed E-state index contributed by atoms with van der Waals surface area (Å²) in [6, 6.07) is 2.13. The van der Waals surface area contributed by atoms with Gasteiger partial charge in [0.05, 0.1) is 6.54 Å². The summed E-state index contributed by atoms with van der Waals surface area (Å²) in [4.78, 5) is 12.4. The predicted octanol–water partition coefficient (Wildman–Crippen LogP) is 4.85. The Morgan fingerprint density at radius 1 is 1.40 bits per heavy atom. The molecule has 108 valence electrons. The molecule has 0 saturated carbocycles. The molecule has 0 atom stereocenters. The highest BCUT2D eigenvalue weighted by atomic mass is 79.9. The number of thiophene rings is 1. The molecular formula is C14H17BrClN3S. The number of rotatable bonds is 5. The van der Waals surface area contributed by atoms with Crippen LogP contribution in [0.15, 0.2) is 15.9 Å². The fourth-order valence-electron chi connectivity index (χ4n) is 1.97. The molecule has 2 rings (SSSR count). The van der Waals surface area contributed by atoms with E-state index in [1.807, 2.05) is 14.0 Å². The Hall–Kier alpha value is -0.650. The van der Waals surface area contributed by atoms with Crippen LogP contribution in [-0.4, -0.2) is 17.0 Å². The van der Waals surface area contributed by atoms with Crippen molar-refractivity contribution in [3.63, 3.8) is 0 Å². The van der Waals surface area contributed by atoms with E-state index in [9.17, 15) is 0 Å². The van der Waals surface area contributed by atoms with E-state index < -0.39 is 0 Å². The highest BCUT2D eigenvalue weighted by Crippen LogP contribution is 2.26. The third-order valence-corrected chi connectivity index (χ3v) is 5.01. The summed E-state index contributed by atoms with van der Waals surface area (Å²) in [5.41, 5.74) is 0.935. The zero-order chi connectivity index (χ0) is 14.7. The average molecular weight is 375 g/mol. The van der Waals surface area contributed by atoms with Crippen molar-refractivity contribution < 1.29 is 0 Å². The summed E-state index contributed by atoms with van der Waals surface area (Å²) in [5.74, 6) is 1.73. The summed E-state index contributed by atoms with van der Waals surface area (Å²) in [7, 11) is 2.04. The van der Waals surface area contributed by atoms with Gasteiger partial charge < -0.3 is 4.90 Å². The van der Waals surface area contributed by atoms with E-state index in [4.69, 9.17) is 11.6 Å². The van der Waals surface area contributed by atoms with E-state index in [0.717, 1.165) is 41.1 Å². The Labute approximate surface area is 137 Å². The fourth-order valence-corrected chi connectivity index (χ4v) is 3.66. The molecule has 2 aromatic rings. The van der Waals surface area contributed by atoms with Crippen molar-refractivity contribution in [2.75, 3.05) is 11.9 Å². The van der Waals surface area contributed by atoms with Crippen LogP contribution < -0.4 is 4.90 Å². The smallest absolute Gasteiger partial charge is 0.137 e. The highest BCUT2D eigenvalue weighted by Gasteiger charge is 2.14. The van der Waals surface area contributed by atoms with Gasteiger partial charge in [0.25, 0.3) is 0 Å². The van der Waals surface area contributed by atoms with Crippen LogP contribution in [0.4, 0.5) is 5.82 Å². The van der Waals surface area contributed by atoms with E-state index in [-0.39, 0.29) is 0 Å². The lowest BCUT2D eigenvalue weighted by molar-refractivity contribution is 0.808. The summed E-state index contributed by atoms with van der Waals surface area (Å²) < 4.78 is 1.12. The van der Waals surface area contributed by atoms with Crippen LogP contribution >= 0.6 is 38.9 Å². The van der Waals surface area contributed by atoms with Gasteiger partial charge in [0.2, 0.25) is 0 Å². The molecule has 0 radical (unpaired) electrons. The molecule has 6 heteroatoms. The predicted molar refractivity (Wildman–Crippen MR) is 89.9 cm³/mol. The minimum absolute atomic E-state index is 0.553. The maximum atomic E-state index is 6.22. The number of aryl methyl sites for hydroxylation is 1. The van der Waals surface area contributed by atoms with Crippen molar-refractivity contribution >= 4 is 44.7 Å². The second-order valence-corrected chi connectivity index (χ2v) is 6.99. The van der Waals surface area contributed by atoms with Crippen molar-refractivity contribution in [1.29, 1.82) is 0 Å². The van der Waals surface area contributed by atoms with Gasteiger partial charge in [-0.1, -0.05) is 18.5 Å². The minimum atomic E-state index is 0.553. The van der Waals surface area contributed by atoms with Gasteiger partial charge in [0, 0.05) is 33.8 Å². The SMILES string of the molecule is CCCc1nc(Cl)c(C)c(N(C)Cc2cc(Br)cs2)n1. The van der Waals surface area contributed by atoms with Gasteiger partial charge in [-0.2, -0.15) is 0 Å². The molecule has 3 nitrogen and oxygen atoms in total. The maximum absolute atomic E-state index is 6.22. The lowest BCUT2D eigenvalue weighted by Gasteiger charge is -2.20. The number of anilines is 1. The number of nitrogens with zero attached hydrogens (tertiary/aromatic N) is 3. The van der Waals surface area contributed by atoms with Crippen LogP contribution in [0.3, 0.4) is 0 Å². The maximum Gasteiger partial charge on any atom is 0.137 e. The van der Waals surface area contributed by atoms with Crippen LogP contribution in [0, 0.1) is 6.92 Å². The lowest BCUT2D eigenvalue weighted by Crippen LogP contribution is -2.19. The molecule has 0 aliphatic rings. The summed E-state index contributed by atoms with van der Waals surface area (Å²) in [5, 5.41) is 2.64. The summed E-state index contributed by atoms with van der Waals surface area (Å²) >= 11 is 11.4. The van der Waals surface area contributed by atoms with Gasteiger partial charge in [0.15, 0.2) is 0 Å². The third-order valence-electron chi connectivity index (χ3n) is 2.96. The van der Waals surface area contributed by atoms with E-state index in [0.29, 0.717) is 5.15 Å². The molecule has 2 aromatic heterocycles. The fraction of sp³-hybridized carbons (Fsp3) is 0.429. The quantitative estimate of drug-likeness (QED) is 0.700. The van der Waals surface area contributed by atoms with Crippen molar-refractivity contribution in [2.45, 2.75) is 33.2 Å². The van der Waals surface area contributed by atoms with Gasteiger partial charge >= 0.3 is 0 Å². The van der Waals surface area contributed by atoms with E-state index in [2.05, 4.69) is 49.2 Å². The molecule has 0 aromatic carbocycles. The molecule has 20 heavy (non-hydrogen) atoms. The standard InChI is InChI=1S/C14H17BrClN3S/c1-4-5-12-17-13(16)9(2)14(18-12)19(3)7-11-6-10(15)8-20-11/h6,8H,4-5,7H2,1-3H3. The third kappa shape index (κ3) is 3.71. The van der Waals surface area contributed by atoms with Gasteiger partial charge in [0.1, 0.15) is 16.8 Å². The Balaban J connectivity index is 2.25. The summed E-state index contributed by atoms with van der Waals surface area (Å²) in [6.07, 6.45) is 1.87. The van der Waals surface area contributed by atoms with Crippen molar-refractivity contribution in [3.05, 3.63) is 37.3 Å². The monoisotopic (exact) mass is 373 g/mol. The Morgan fingerprint density at radius 2 is 2.15 bits per heavy atom. The largest absolute Gasteiger partial charge is 0.354 e. The number of hydrogen-bond donors (Lipinski definition) is 0. The second-order valence-electron chi connectivity index (χ2n) is 4.72. The zero-order valence-corrected chi connectivity index (χ0v) is 14.9. The van der Waals surface area contributed by atoms with Crippen molar-refractivity contribution in [2.24, 2.45) is 0 Å². The van der Waals surface area contributed by atoms with E-state index >= 15 is 0 Å². The van der Waals surface area contributed by atoms with Gasteiger partial charge in [-0.15, -0.1) is 11.3 Å². The van der Waals surface area contributed by atoms with Gasteiger partial charge in [-0.3, -0.25) is 0 Å². The second kappa shape index (κ2) is 6.87. The first kappa shape index (κ1) is 15.7. The van der Waals surface area contributed by atoms with Crippen molar-refractivity contribution in [3.8, 4) is 0 Å². The molecule has 0 bridgehead atoms. The minimum Gasteiger partial charge on any atom is -0.354 e. The summed E-state index contributed by atoms with van der Waals surface area (Å²) in [6.45, 7) is 4.90. The first-order valence-electron chi connectivity index (χ1n) is 6.48. The molecule has 0 aliphatic heterocycles. The molecule has 0 N–H and O–H groups in total. The van der Waals surface area contributed by atoms with E-state index in [1.165, 1.54) is 4.88 Å². The molecule has 2 heterocycles. The molecule has 0 fully saturated rings. The first-order chi connectivity index (χ1) is 9.51.